The van der Waals surface area contributed by atoms with Crippen molar-refractivity contribution < 1.29 is 13.3 Å². The zero-order valence-electron chi connectivity index (χ0n) is 10.5. The predicted molar refractivity (Wildman–Crippen MR) is 67.9 cm³/mol. The molecule has 0 aliphatic carbocycles. The standard InChI is InChI=1S/C10H21NO3SSi/c1-5-6-7-8-10(15-9-11)16(12-2,13-3)14-4/h10H,5-8H2,1-4H3. The molecule has 1 atom stereocenters. The van der Waals surface area contributed by atoms with E-state index in [9.17, 15) is 0 Å². The lowest BCUT2D eigenvalue weighted by Crippen LogP contribution is -2.52. The van der Waals surface area contributed by atoms with Gasteiger partial charge in [-0.3, -0.25) is 0 Å². The molecule has 0 aromatic carbocycles. The van der Waals surface area contributed by atoms with Crippen molar-refractivity contribution in [2.24, 2.45) is 0 Å². The topological polar surface area (TPSA) is 51.5 Å². The maximum Gasteiger partial charge on any atom is 0.514 e. The highest BCUT2D eigenvalue weighted by atomic mass is 32.2. The number of thiocyanates is 1. The smallest absolute Gasteiger partial charge is 0.376 e. The Morgan fingerprint density at radius 2 is 1.75 bits per heavy atom. The van der Waals surface area contributed by atoms with Crippen LogP contribution in [-0.4, -0.2) is 35.0 Å². The highest BCUT2D eigenvalue weighted by Gasteiger charge is 2.47. The molecule has 0 spiro atoms. The van der Waals surface area contributed by atoms with E-state index in [1.54, 1.807) is 21.3 Å². The Hall–Kier alpha value is -0.0631. The SMILES string of the molecule is CCCCCC(SC#N)[Si](OC)(OC)OC. The molecule has 0 aliphatic heterocycles. The van der Waals surface area contributed by atoms with Gasteiger partial charge < -0.3 is 13.3 Å². The molecule has 1 unspecified atom stereocenters. The van der Waals surface area contributed by atoms with Crippen LogP contribution < -0.4 is 0 Å². The molecule has 6 heteroatoms. The lowest BCUT2D eigenvalue weighted by atomic mass is 10.2. The van der Waals surface area contributed by atoms with Crippen LogP contribution in [0.2, 0.25) is 0 Å². The third kappa shape index (κ3) is 4.43. The van der Waals surface area contributed by atoms with E-state index in [2.05, 4.69) is 12.3 Å². The molecule has 4 nitrogen and oxygen atoms in total. The Morgan fingerprint density at radius 1 is 1.19 bits per heavy atom. The normalized spacial score (nSPS) is 13.4. The van der Waals surface area contributed by atoms with Gasteiger partial charge in [0.25, 0.3) is 0 Å². The lowest BCUT2D eigenvalue weighted by Gasteiger charge is -2.30. The molecule has 0 fully saturated rings. The molecule has 0 aromatic rings. The van der Waals surface area contributed by atoms with Crippen LogP contribution in [0.15, 0.2) is 0 Å². The van der Waals surface area contributed by atoms with Crippen molar-refractivity contribution in [2.75, 3.05) is 21.3 Å². The number of hydrogen-bond donors (Lipinski definition) is 0. The van der Waals surface area contributed by atoms with E-state index in [1.165, 1.54) is 11.8 Å². The summed E-state index contributed by atoms with van der Waals surface area (Å²) in [5.74, 6) is 0. The molecule has 0 aromatic heterocycles. The van der Waals surface area contributed by atoms with Crippen LogP contribution in [0, 0.1) is 10.7 Å². The quantitative estimate of drug-likeness (QED) is 0.363. The minimum absolute atomic E-state index is 0.00375. The van der Waals surface area contributed by atoms with E-state index >= 15 is 0 Å². The molecule has 94 valence electrons. The van der Waals surface area contributed by atoms with Gasteiger partial charge in [0.1, 0.15) is 5.40 Å². The van der Waals surface area contributed by atoms with Gasteiger partial charge in [-0.05, 0) is 18.2 Å². The van der Waals surface area contributed by atoms with Crippen molar-refractivity contribution in [3.8, 4) is 5.40 Å². The van der Waals surface area contributed by atoms with Gasteiger partial charge in [0.2, 0.25) is 0 Å². The third-order valence-electron chi connectivity index (χ3n) is 2.51. The van der Waals surface area contributed by atoms with Crippen LogP contribution in [-0.2, 0) is 13.3 Å². The Morgan fingerprint density at radius 3 is 2.12 bits per heavy atom. The van der Waals surface area contributed by atoms with Gasteiger partial charge in [0.05, 0.1) is 4.87 Å². The van der Waals surface area contributed by atoms with E-state index in [0.717, 1.165) is 25.7 Å². The second-order valence-electron chi connectivity index (χ2n) is 3.41. The van der Waals surface area contributed by atoms with Crippen molar-refractivity contribution >= 4 is 20.6 Å². The number of nitrogens with zero attached hydrogens (tertiary/aromatic N) is 1. The van der Waals surface area contributed by atoms with E-state index in [-0.39, 0.29) is 4.87 Å². The summed E-state index contributed by atoms with van der Waals surface area (Å²) in [7, 11) is 2.08. The summed E-state index contributed by atoms with van der Waals surface area (Å²) in [6.07, 6.45) is 4.28. The lowest BCUT2D eigenvalue weighted by molar-refractivity contribution is 0.120. The summed E-state index contributed by atoms with van der Waals surface area (Å²) in [4.78, 5) is 0.00375. The molecule has 16 heavy (non-hydrogen) atoms. The Labute approximate surface area is 104 Å². The van der Waals surface area contributed by atoms with E-state index in [4.69, 9.17) is 18.5 Å². The maximum atomic E-state index is 8.81. The average molecular weight is 263 g/mol. The summed E-state index contributed by atoms with van der Waals surface area (Å²) in [5, 5.41) is 10.9. The summed E-state index contributed by atoms with van der Waals surface area (Å²) in [6.45, 7) is 2.15. The van der Waals surface area contributed by atoms with Gasteiger partial charge in [-0.15, -0.1) is 0 Å². The number of unbranched alkanes of at least 4 members (excludes halogenated alkanes) is 2. The Bertz CT molecular complexity index is 210. The van der Waals surface area contributed by atoms with Crippen molar-refractivity contribution in [3.05, 3.63) is 0 Å². The summed E-state index contributed by atoms with van der Waals surface area (Å²) in [6, 6.07) is 0. The van der Waals surface area contributed by atoms with Gasteiger partial charge in [0, 0.05) is 21.3 Å². The second kappa shape index (κ2) is 9.02. The highest BCUT2D eigenvalue weighted by molar-refractivity contribution is 8.05. The first-order chi connectivity index (χ1) is 7.70. The van der Waals surface area contributed by atoms with E-state index < -0.39 is 8.80 Å². The summed E-state index contributed by atoms with van der Waals surface area (Å²) >= 11 is 1.20. The Balaban J connectivity index is 4.52. The molecule has 0 aliphatic rings. The maximum absolute atomic E-state index is 8.81. The summed E-state index contributed by atoms with van der Waals surface area (Å²) < 4.78 is 16.2. The minimum Gasteiger partial charge on any atom is -0.376 e. The zero-order chi connectivity index (χ0) is 12.4. The Kier molecular flexibility index (Phi) is 8.98. The number of nitriles is 1. The molecule has 0 saturated carbocycles. The molecule has 0 rings (SSSR count). The molecular formula is C10H21NO3SSi. The molecule has 0 amide bonds. The van der Waals surface area contributed by atoms with E-state index in [0.29, 0.717) is 0 Å². The number of hydrogen-bond acceptors (Lipinski definition) is 5. The van der Waals surface area contributed by atoms with Crippen LogP contribution in [0.3, 0.4) is 0 Å². The molecule has 0 heterocycles. The number of thioether (sulfide) groups is 1. The van der Waals surface area contributed by atoms with Gasteiger partial charge in [0.15, 0.2) is 0 Å². The van der Waals surface area contributed by atoms with E-state index in [1.807, 2.05) is 0 Å². The van der Waals surface area contributed by atoms with Crippen LogP contribution in [0.1, 0.15) is 32.6 Å². The van der Waals surface area contributed by atoms with Gasteiger partial charge >= 0.3 is 8.80 Å². The van der Waals surface area contributed by atoms with Crippen LogP contribution in [0.25, 0.3) is 0 Å². The first kappa shape index (κ1) is 15.9. The zero-order valence-corrected chi connectivity index (χ0v) is 12.3. The van der Waals surface area contributed by atoms with Crippen molar-refractivity contribution in [1.82, 2.24) is 0 Å². The average Bonchev–Trinajstić information content (AvgIpc) is 2.32. The number of rotatable bonds is 9. The first-order valence-corrected chi connectivity index (χ1v) is 8.09. The van der Waals surface area contributed by atoms with Crippen LogP contribution in [0.4, 0.5) is 0 Å². The monoisotopic (exact) mass is 263 g/mol. The van der Waals surface area contributed by atoms with Gasteiger partial charge in [-0.25, -0.2) is 0 Å². The van der Waals surface area contributed by atoms with Gasteiger partial charge in [-0.2, -0.15) is 5.26 Å². The highest BCUT2D eigenvalue weighted by Crippen LogP contribution is 2.28. The molecule has 0 radical (unpaired) electrons. The molecular weight excluding hydrogens is 242 g/mol. The van der Waals surface area contributed by atoms with Gasteiger partial charge in [-0.1, -0.05) is 26.2 Å². The third-order valence-corrected chi connectivity index (χ3v) is 7.14. The van der Waals surface area contributed by atoms with Crippen molar-refractivity contribution in [1.29, 1.82) is 5.26 Å². The first-order valence-electron chi connectivity index (χ1n) is 5.40. The molecule has 0 N–H and O–H groups in total. The fourth-order valence-electron chi connectivity index (χ4n) is 1.60. The minimum atomic E-state index is -2.68. The molecule has 0 saturated heterocycles. The van der Waals surface area contributed by atoms with Crippen LogP contribution >= 0.6 is 11.8 Å². The fourth-order valence-corrected chi connectivity index (χ4v) is 5.46. The molecule has 0 bridgehead atoms. The van der Waals surface area contributed by atoms with Crippen molar-refractivity contribution in [3.63, 3.8) is 0 Å². The van der Waals surface area contributed by atoms with Crippen LogP contribution in [0.5, 0.6) is 0 Å². The summed E-state index contributed by atoms with van der Waals surface area (Å²) in [5.41, 5.74) is 0. The fraction of sp³-hybridized carbons (Fsp3) is 0.900. The van der Waals surface area contributed by atoms with Crippen molar-refractivity contribution in [2.45, 2.75) is 37.5 Å². The predicted octanol–water partition coefficient (Wildman–Crippen LogP) is 2.57. The largest absolute Gasteiger partial charge is 0.514 e. The second-order valence-corrected chi connectivity index (χ2v) is 7.94.